The Balaban J connectivity index is 2.36. The maximum Gasteiger partial charge on any atom is 0.258 e. The van der Waals surface area contributed by atoms with E-state index in [-0.39, 0.29) is 10.4 Å². The summed E-state index contributed by atoms with van der Waals surface area (Å²) in [4.78, 5) is 13.8. The summed E-state index contributed by atoms with van der Waals surface area (Å²) >= 11 is 3.05. The van der Waals surface area contributed by atoms with E-state index in [0.29, 0.717) is 17.8 Å². The van der Waals surface area contributed by atoms with Gasteiger partial charge in [0.25, 0.3) is 5.91 Å². The van der Waals surface area contributed by atoms with Crippen LogP contribution in [0.5, 0.6) is 0 Å². The number of anilines is 1. The molecule has 0 heterocycles. The number of carbonyl (C=O) groups excluding carboxylic acids is 1. The molecule has 2 aromatic carbocycles. The lowest BCUT2D eigenvalue weighted by Gasteiger charge is -2.21. The second-order valence-electron chi connectivity index (χ2n) is 4.16. The summed E-state index contributed by atoms with van der Waals surface area (Å²) in [5, 5.41) is 0. The Morgan fingerprint density at radius 2 is 1.95 bits per heavy atom. The number of carbonyl (C=O) groups is 1. The fourth-order valence-corrected chi connectivity index (χ4v) is 2.25. The van der Waals surface area contributed by atoms with Crippen molar-refractivity contribution in [3.8, 4) is 0 Å². The highest BCUT2D eigenvalue weighted by Gasteiger charge is 2.17. The number of hydrogen-bond donors (Lipinski definition) is 0. The molecule has 20 heavy (non-hydrogen) atoms. The number of amides is 1. The van der Waals surface area contributed by atoms with Gasteiger partial charge < -0.3 is 4.90 Å². The molecule has 0 aliphatic rings. The van der Waals surface area contributed by atoms with E-state index in [1.165, 1.54) is 35.2 Å². The molecule has 0 spiro atoms. The summed E-state index contributed by atoms with van der Waals surface area (Å²) in [5.74, 6) is -1.15. The third kappa shape index (κ3) is 3.04. The van der Waals surface area contributed by atoms with Crippen molar-refractivity contribution in [1.82, 2.24) is 0 Å². The molecule has 2 aromatic rings. The fourth-order valence-electron chi connectivity index (χ4n) is 1.87. The fraction of sp³-hybridized carbons (Fsp3) is 0.133. The van der Waals surface area contributed by atoms with Crippen LogP contribution >= 0.6 is 15.9 Å². The van der Waals surface area contributed by atoms with Crippen LogP contribution in [0.3, 0.4) is 0 Å². The lowest BCUT2D eigenvalue weighted by molar-refractivity contribution is 0.0988. The molecular formula is C15H12BrF2NO. The standard InChI is InChI=1S/C15H12BrF2NO/c1-2-19(12-5-3-4-11(17)9-12)15(20)10-6-7-14(18)13(16)8-10/h3-9H,2H2,1H3. The number of halogens is 3. The lowest BCUT2D eigenvalue weighted by Crippen LogP contribution is -2.30. The van der Waals surface area contributed by atoms with Crippen molar-refractivity contribution in [3.05, 3.63) is 64.1 Å². The Labute approximate surface area is 124 Å². The van der Waals surface area contributed by atoms with Crippen molar-refractivity contribution in [2.24, 2.45) is 0 Å². The molecule has 0 aliphatic carbocycles. The van der Waals surface area contributed by atoms with E-state index in [4.69, 9.17) is 0 Å². The van der Waals surface area contributed by atoms with Gasteiger partial charge in [-0.3, -0.25) is 4.79 Å². The molecule has 0 saturated carbocycles. The molecule has 0 N–H and O–H groups in total. The Kier molecular flexibility index (Phi) is 4.49. The third-order valence-corrected chi connectivity index (χ3v) is 3.46. The maximum atomic E-state index is 13.3. The van der Waals surface area contributed by atoms with Crippen molar-refractivity contribution in [3.63, 3.8) is 0 Å². The van der Waals surface area contributed by atoms with Gasteiger partial charge >= 0.3 is 0 Å². The quantitative estimate of drug-likeness (QED) is 0.811. The molecule has 2 rings (SSSR count). The van der Waals surface area contributed by atoms with Crippen molar-refractivity contribution < 1.29 is 13.6 Å². The zero-order valence-electron chi connectivity index (χ0n) is 10.7. The minimum absolute atomic E-state index is 0.221. The Morgan fingerprint density at radius 1 is 1.20 bits per heavy atom. The summed E-state index contributed by atoms with van der Waals surface area (Å²) in [5.41, 5.74) is 0.808. The van der Waals surface area contributed by atoms with E-state index in [0.717, 1.165) is 0 Å². The van der Waals surface area contributed by atoms with Crippen LogP contribution in [0.4, 0.5) is 14.5 Å². The summed E-state index contributed by atoms with van der Waals surface area (Å²) in [6.07, 6.45) is 0. The van der Waals surface area contributed by atoms with E-state index in [1.807, 2.05) is 0 Å². The molecule has 104 valence electrons. The average Bonchev–Trinajstić information content (AvgIpc) is 2.42. The number of nitrogens with zero attached hydrogens (tertiary/aromatic N) is 1. The van der Waals surface area contributed by atoms with E-state index < -0.39 is 11.6 Å². The van der Waals surface area contributed by atoms with Crippen LogP contribution in [0.25, 0.3) is 0 Å². The number of rotatable bonds is 3. The van der Waals surface area contributed by atoms with Gasteiger partial charge in [-0.2, -0.15) is 0 Å². The summed E-state index contributed by atoms with van der Waals surface area (Å²) < 4.78 is 26.7. The lowest BCUT2D eigenvalue weighted by atomic mass is 10.1. The minimum atomic E-state index is -0.435. The summed E-state index contributed by atoms with van der Waals surface area (Å²) in [6.45, 7) is 2.18. The highest BCUT2D eigenvalue weighted by molar-refractivity contribution is 9.10. The first kappa shape index (κ1) is 14.7. The maximum absolute atomic E-state index is 13.3. The number of hydrogen-bond acceptors (Lipinski definition) is 1. The van der Waals surface area contributed by atoms with Crippen LogP contribution in [-0.4, -0.2) is 12.5 Å². The van der Waals surface area contributed by atoms with Crippen molar-refractivity contribution in [2.75, 3.05) is 11.4 Å². The molecule has 0 bridgehead atoms. The molecule has 0 aliphatic heterocycles. The molecule has 0 unspecified atom stereocenters. The zero-order valence-corrected chi connectivity index (χ0v) is 12.3. The number of benzene rings is 2. The van der Waals surface area contributed by atoms with Gasteiger partial charge in [-0.25, -0.2) is 8.78 Å². The van der Waals surface area contributed by atoms with Crippen molar-refractivity contribution in [1.29, 1.82) is 0 Å². The van der Waals surface area contributed by atoms with Gasteiger partial charge in [0.05, 0.1) is 4.47 Å². The minimum Gasteiger partial charge on any atom is -0.309 e. The topological polar surface area (TPSA) is 20.3 Å². The normalized spacial score (nSPS) is 10.4. The van der Waals surface area contributed by atoms with E-state index in [1.54, 1.807) is 19.1 Å². The van der Waals surface area contributed by atoms with Crippen LogP contribution < -0.4 is 4.90 Å². The van der Waals surface area contributed by atoms with Crippen molar-refractivity contribution in [2.45, 2.75) is 6.92 Å². The molecule has 0 saturated heterocycles. The van der Waals surface area contributed by atoms with Crippen molar-refractivity contribution >= 4 is 27.5 Å². The van der Waals surface area contributed by atoms with Crippen LogP contribution in [0.2, 0.25) is 0 Å². The first-order valence-corrected chi connectivity index (χ1v) is 6.84. The monoisotopic (exact) mass is 339 g/mol. The molecular weight excluding hydrogens is 328 g/mol. The molecule has 1 amide bonds. The average molecular weight is 340 g/mol. The van der Waals surface area contributed by atoms with Gasteiger partial charge in [0.15, 0.2) is 0 Å². The van der Waals surface area contributed by atoms with E-state index in [2.05, 4.69) is 15.9 Å². The van der Waals surface area contributed by atoms with Gasteiger partial charge in [-0.15, -0.1) is 0 Å². The highest BCUT2D eigenvalue weighted by atomic mass is 79.9. The summed E-state index contributed by atoms with van der Waals surface area (Å²) in [7, 11) is 0. The molecule has 2 nitrogen and oxygen atoms in total. The van der Waals surface area contributed by atoms with Gasteiger partial charge in [-0.05, 0) is 59.3 Å². The summed E-state index contributed by atoms with van der Waals surface area (Å²) in [6, 6.07) is 9.85. The SMILES string of the molecule is CCN(C(=O)c1ccc(F)c(Br)c1)c1cccc(F)c1. The first-order chi connectivity index (χ1) is 9.52. The second kappa shape index (κ2) is 6.13. The van der Waals surface area contributed by atoms with Gasteiger partial charge in [0, 0.05) is 17.8 Å². The molecule has 0 radical (unpaired) electrons. The third-order valence-electron chi connectivity index (χ3n) is 2.85. The van der Waals surface area contributed by atoms with Crippen LogP contribution in [0, 0.1) is 11.6 Å². The smallest absolute Gasteiger partial charge is 0.258 e. The predicted molar refractivity (Wildman–Crippen MR) is 77.9 cm³/mol. The Hall–Kier alpha value is -1.75. The largest absolute Gasteiger partial charge is 0.309 e. The molecule has 0 fully saturated rings. The zero-order chi connectivity index (χ0) is 14.7. The van der Waals surface area contributed by atoms with Crippen LogP contribution in [0.15, 0.2) is 46.9 Å². The van der Waals surface area contributed by atoms with Crippen LogP contribution in [0.1, 0.15) is 17.3 Å². The molecule has 0 atom stereocenters. The van der Waals surface area contributed by atoms with Crippen LogP contribution in [-0.2, 0) is 0 Å². The van der Waals surface area contributed by atoms with Gasteiger partial charge in [-0.1, -0.05) is 6.07 Å². The first-order valence-electron chi connectivity index (χ1n) is 6.05. The predicted octanol–water partition coefficient (Wildman–Crippen LogP) is 4.39. The highest BCUT2D eigenvalue weighted by Crippen LogP contribution is 2.21. The molecule has 5 heteroatoms. The van der Waals surface area contributed by atoms with Gasteiger partial charge in [0.2, 0.25) is 0 Å². The van der Waals surface area contributed by atoms with E-state index >= 15 is 0 Å². The van der Waals surface area contributed by atoms with Gasteiger partial charge in [0.1, 0.15) is 11.6 Å². The Morgan fingerprint density at radius 3 is 2.55 bits per heavy atom. The molecule has 0 aromatic heterocycles. The Bertz CT molecular complexity index is 646. The van der Waals surface area contributed by atoms with E-state index in [9.17, 15) is 13.6 Å². The second-order valence-corrected chi connectivity index (χ2v) is 5.01.